The Balaban J connectivity index is 1.39. The monoisotopic (exact) mass is 420 g/mol. The van der Waals surface area contributed by atoms with Crippen molar-refractivity contribution in [2.45, 2.75) is 31.5 Å². The molecular weight excluding hydrogens is 399 g/mol. The first kappa shape index (κ1) is 18.9. The minimum Gasteiger partial charge on any atom is -0.348 e. The third-order valence-electron chi connectivity index (χ3n) is 5.53. The molecular formula is C23H21FN4OS. The van der Waals surface area contributed by atoms with Gasteiger partial charge in [0.25, 0.3) is 5.91 Å². The third kappa shape index (κ3) is 3.73. The van der Waals surface area contributed by atoms with Gasteiger partial charge in [0.05, 0.1) is 5.69 Å². The van der Waals surface area contributed by atoms with Crippen LogP contribution in [0.25, 0.3) is 21.5 Å². The molecule has 5 rings (SSSR count). The zero-order chi connectivity index (χ0) is 20.7. The molecule has 3 heterocycles. The van der Waals surface area contributed by atoms with E-state index in [0.717, 1.165) is 32.6 Å². The molecule has 0 radical (unpaired) electrons. The summed E-state index contributed by atoms with van der Waals surface area (Å²) in [6, 6.07) is 14.1. The first-order valence-corrected chi connectivity index (χ1v) is 10.8. The van der Waals surface area contributed by atoms with Gasteiger partial charge in [-0.05, 0) is 54.0 Å². The molecule has 1 N–H and O–H groups in total. The van der Waals surface area contributed by atoms with Crippen molar-refractivity contribution in [3.05, 3.63) is 70.9 Å². The zero-order valence-electron chi connectivity index (χ0n) is 16.5. The number of nitrogens with zero attached hydrogens (tertiary/aromatic N) is 3. The number of hydrogen-bond donors (Lipinski definition) is 1. The van der Waals surface area contributed by atoms with E-state index in [1.54, 1.807) is 4.68 Å². The molecule has 1 amide bonds. The number of aromatic nitrogens is 3. The van der Waals surface area contributed by atoms with Crippen molar-refractivity contribution >= 4 is 27.5 Å². The lowest BCUT2D eigenvalue weighted by Gasteiger charge is -2.30. The lowest BCUT2D eigenvalue weighted by Crippen LogP contribution is -2.45. The number of thiophene rings is 1. The number of aryl methyl sites for hydroxylation is 1. The van der Waals surface area contributed by atoms with Gasteiger partial charge in [0.15, 0.2) is 0 Å². The number of carbonyl (C=O) groups excluding carboxylic acids is 1. The summed E-state index contributed by atoms with van der Waals surface area (Å²) in [5, 5.41) is 10.4. The average molecular weight is 421 g/mol. The van der Waals surface area contributed by atoms with E-state index in [1.807, 2.05) is 36.8 Å². The van der Waals surface area contributed by atoms with Crippen molar-refractivity contribution < 1.29 is 9.18 Å². The van der Waals surface area contributed by atoms with Crippen LogP contribution < -0.4 is 5.32 Å². The molecule has 4 aromatic rings. The average Bonchev–Trinajstić information content (AvgIpc) is 3.36. The maximum atomic E-state index is 13.1. The highest BCUT2D eigenvalue weighted by molar-refractivity contribution is 7.16. The summed E-state index contributed by atoms with van der Waals surface area (Å²) < 4.78 is 14.9. The number of amides is 1. The fourth-order valence-corrected chi connectivity index (χ4v) is 4.60. The number of pyridine rings is 1. The second-order valence-electron chi connectivity index (χ2n) is 7.79. The minimum absolute atomic E-state index is 0.0871. The Labute approximate surface area is 177 Å². The van der Waals surface area contributed by atoms with Gasteiger partial charge in [-0.25, -0.2) is 9.37 Å². The maximum absolute atomic E-state index is 13.1. The molecule has 0 bridgehead atoms. The molecule has 1 saturated carbocycles. The van der Waals surface area contributed by atoms with E-state index in [1.165, 1.54) is 11.3 Å². The molecule has 0 aliphatic heterocycles. The Morgan fingerprint density at radius 1 is 1.23 bits per heavy atom. The lowest BCUT2D eigenvalue weighted by molar-refractivity contribution is 0.0855. The van der Waals surface area contributed by atoms with Crippen LogP contribution in [0.2, 0.25) is 0 Å². The number of nitrogens with one attached hydrogen (secondary N) is 1. The molecule has 3 aromatic heterocycles. The highest BCUT2D eigenvalue weighted by Gasteiger charge is 2.30. The zero-order valence-corrected chi connectivity index (χ0v) is 17.3. The summed E-state index contributed by atoms with van der Waals surface area (Å²) in [4.78, 5) is 18.0. The molecule has 0 atom stereocenters. The molecule has 5 nitrogen and oxygen atoms in total. The van der Waals surface area contributed by atoms with Gasteiger partial charge in [0.2, 0.25) is 0 Å². The van der Waals surface area contributed by atoms with Crippen molar-refractivity contribution in [1.82, 2.24) is 20.1 Å². The normalized spacial score (nSPS) is 18.3. The number of fused-ring (bicyclic) bond motifs is 1. The number of alkyl halides is 1. The molecule has 1 aromatic carbocycles. The van der Waals surface area contributed by atoms with Crippen LogP contribution in [-0.4, -0.2) is 32.9 Å². The first-order valence-electron chi connectivity index (χ1n) is 9.96. The van der Waals surface area contributed by atoms with Gasteiger partial charge in [0, 0.05) is 30.2 Å². The Hall–Kier alpha value is -3.06. The van der Waals surface area contributed by atoms with Gasteiger partial charge in [-0.2, -0.15) is 5.10 Å². The summed E-state index contributed by atoms with van der Waals surface area (Å²) in [5.41, 5.74) is 4.63. The smallest absolute Gasteiger partial charge is 0.270 e. The Bertz CT molecular complexity index is 1210. The summed E-state index contributed by atoms with van der Waals surface area (Å²) in [6.07, 6.45) is 2.62. The van der Waals surface area contributed by atoms with Crippen molar-refractivity contribution in [1.29, 1.82) is 0 Å². The number of benzene rings is 1. The first-order chi connectivity index (χ1) is 14.5. The SMILES string of the molecule is Cn1ccc(-c2ccc(Cc3cc(C(=O)NC4CC(F)C4)nc4sccc34)cc2)n1. The molecule has 0 spiro atoms. The molecule has 1 aliphatic carbocycles. The van der Waals surface area contributed by atoms with E-state index >= 15 is 0 Å². The van der Waals surface area contributed by atoms with Crippen LogP contribution in [0.15, 0.2) is 54.0 Å². The molecule has 0 unspecified atom stereocenters. The second kappa shape index (κ2) is 7.65. The molecule has 30 heavy (non-hydrogen) atoms. The largest absolute Gasteiger partial charge is 0.348 e. The van der Waals surface area contributed by atoms with E-state index in [0.29, 0.717) is 25.0 Å². The third-order valence-corrected chi connectivity index (χ3v) is 6.34. The Kier molecular flexibility index (Phi) is 4.83. The van der Waals surface area contributed by atoms with Crippen LogP contribution in [0.5, 0.6) is 0 Å². The van der Waals surface area contributed by atoms with E-state index in [9.17, 15) is 9.18 Å². The quantitative estimate of drug-likeness (QED) is 0.517. The minimum atomic E-state index is -0.798. The van der Waals surface area contributed by atoms with Gasteiger partial charge in [0.1, 0.15) is 16.7 Å². The van der Waals surface area contributed by atoms with E-state index < -0.39 is 6.17 Å². The second-order valence-corrected chi connectivity index (χ2v) is 8.69. The Morgan fingerprint density at radius 3 is 2.73 bits per heavy atom. The van der Waals surface area contributed by atoms with Crippen molar-refractivity contribution in [2.24, 2.45) is 7.05 Å². The highest BCUT2D eigenvalue weighted by Crippen LogP contribution is 2.27. The fourth-order valence-electron chi connectivity index (χ4n) is 3.79. The number of rotatable bonds is 5. The van der Waals surface area contributed by atoms with E-state index in [2.05, 4.69) is 39.7 Å². The van der Waals surface area contributed by atoms with Crippen LogP contribution in [-0.2, 0) is 13.5 Å². The van der Waals surface area contributed by atoms with Crippen molar-refractivity contribution in [3.63, 3.8) is 0 Å². The number of hydrogen-bond acceptors (Lipinski definition) is 4. The molecule has 0 saturated heterocycles. The Morgan fingerprint density at radius 2 is 2.03 bits per heavy atom. The fraction of sp³-hybridized carbons (Fsp3) is 0.261. The summed E-state index contributed by atoms with van der Waals surface area (Å²) in [5.74, 6) is -0.228. The predicted octanol–water partition coefficient (Wildman–Crippen LogP) is 4.52. The van der Waals surface area contributed by atoms with Crippen LogP contribution in [0.1, 0.15) is 34.5 Å². The van der Waals surface area contributed by atoms with E-state index in [4.69, 9.17) is 0 Å². The highest BCUT2D eigenvalue weighted by atomic mass is 32.1. The topological polar surface area (TPSA) is 59.8 Å². The molecule has 1 aliphatic rings. The van der Waals surface area contributed by atoms with Crippen molar-refractivity contribution in [2.75, 3.05) is 0 Å². The lowest BCUT2D eigenvalue weighted by atomic mass is 9.90. The van der Waals surface area contributed by atoms with E-state index in [-0.39, 0.29) is 11.9 Å². The maximum Gasteiger partial charge on any atom is 0.270 e. The number of carbonyl (C=O) groups is 1. The van der Waals surface area contributed by atoms with Crippen LogP contribution in [0, 0.1) is 0 Å². The molecule has 1 fully saturated rings. The van der Waals surface area contributed by atoms with Gasteiger partial charge in [-0.15, -0.1) is 11.3 Å². The van der Waals surface area contributed by atoms with Crippen LogP contribution >= 0.6 is 11.3 Å². The van der Waals surface area contributed by atoms with Gasteiger partial charge >= 0.3 is 0 Å². The summed E-state index contributed by atoms with van der Waals surface area (Å²) in [7, 11) is 1.90. The molecule has 7 heteroatoms. The van der Waals surface area contributed by atoms with Gasteiger partial charge < -0.3 is 5.32 Å². The van der Waals surface area contributed by atoms with Crippen molar-refractivity contribution in [3.8, 4) is 11.3 Å². The predicted molar refractivity (Wildman–Crippen MR) is 116 cm³/mol. The van der Waals surface area contributed by atoms with Gasteiger partial charge in [-0.1, -0.05) is 24.3 Å². The summed E-state index contributed by atoms with van der Waals surface area (Å²) in [6.45, 7) is 0. The van der Waals surface area contributed by atoms with Crippen LogP contribution in [0.4, 0.5) is 4.39 Å². The van der Waals surface area contributed by atoms with Gasteiger partial charge in [-0.3, -0.25) is 9.48 Å². The summed E-state index contributed by atoms with van der Waals surface area (Å²) >= 11 is 1.52. The molecule has 152 valence electrons. The van der Waals surface area contributed by atoms with Crippen LogP contribution in [0.3, 0.4) is 0 Å². The standard InChI is InChI=1S/C23H21FN4OS/c1-28-8-6-20(27-28)15-4-2-14(3-5-15)10-16-11-21(26-23-19(16)7-9-30-23)22(29)25-18-12-17(24)13-18/h2-9,11,17-18H,10,12-13H2,1H3,(H,25,29). The number of halogens is 1.